The molecule has 0 aliphatic heterocycles. The second-order valence-corrected chi connectivity index (χ2v) is 3.95. The SMILES string of the molecule is CNc1ccc(COc2ccccc2C(N)=O)cn1. The van der Waals surface area contributed by atoms with Crippen LogP contribution in [0.25, 0.3) is 0 Å². The Kier molecular flexibility index (Phi) is 3.97. The highest BCUT2D eigenvalue weighted by atomic mass is 16.5. The van der Waals surface area contributed by atoms with Crippen LogP contribution in [0, 0.1) is 0 Å². The summed E-state index contributed by atoms with van der Waals surface area (Å²) in [5.41, 5.74) is 6.57. The summed E-state index contributed by atoms with van der Waals surface area (Å²) in [6.45, 7) is 0.335. The van der Waals surface area contributed by atoms with Gasteiger partial charge in [-0.25, -0.2) is 4.98 Å². The molecule has 3 N–H and O–H groups in total. The number of pyridine rings is 1. The van der Waals surface area contributed by atoms with Gasteiger partial charge in [0, 0.05) is 18.8 Å². The maximum Gasteiger partial charge on any atom is 0.252 e. The van der Waals surface area contributed by atoms with E-state index in [0.717, 1.165) is 11.4 Å². The van der Waals surface area contributed by atoms with Crippen molar-refractivity contribution in [2.24, 2.45) is 5.73 Å². The number of ether oxygens (including phenoxy) is 1. The van der Waals surface area contributed by atoms with Gasteiger partial charge in [-0.15, -0.1) is 0 Å². The number of nitrogens with one attached hydrogen (secondary N) is 1. The molecule has 0 saturated heterocycles. The molecular formula is C14H15N3O2. The van der Waals surface area contributed by atoms with Gasteiger partial charge in [0.05, 0.1) is 5.56 Å². The number of primary amides is 1. The van der Waals surface area contributed by atoms with Crippen LogP contribution in [0.1, 0.15) is 15.9 Å². The average Bonchev–Trinajstić information content (AvgIpc) is 2.46. The van der Waals surface area contributed by atoms with Crippen molar-refractivity contribution in [3.8, 4) is 5.75 Å². The summed E-state index contributed by atoms with van der Waals surface area (Å²) in [5, 5.41) is 2.94. The number of hydrogen-bond acceptors (Lipinski definition) is 4. The molecular weight excluding hydrogens is 242 g/mol. The van der Waals surface area contributed by atoms with Gasteiger partial charge in [-0.1, -0.05) is 18.2 Å². The van der Waals surface area contributed by atoms with Crippen LogP contribution in [0.2, 0.25) is 0 Å². The number of nitrogens with two attached hydrogens (primary N) is 1. The molecule has 1 heterocycles. The zero-order valence-electron chi connectivity index (χ0n) is 10.6. The Morgan fingerprint density at radius 1 is 1.32 bits per heavy atom. The van der Waals surface area contributed by atoms with Crippen molar-refractivity contribution in [2.75, 3.05) is 12.4 Å². The van der Waals surface area contributed by atoms with E-state index in [0.29, 0.717) is 17.9 Å². The molecule has 0 aliphatic rings. The Labute approximate surface area is 111 Å². The van der Waals surface area contributed by atoms with E-state index < -0.39 is 5.91 Å². The molecule has 0 radical (unpaired) electrons. The van der Waals surface area contributed by atoms with Gasteiger partial charge in [0.1, 0.15) is 18.2 Å². The minimum absolute atomic E-state index is 0.335. The zero-order valence-corrected chi connectivity index (χ0v) is 10.6. The first-order chi connectivity index (χ1) is 9.20. The number of amides is 1. The van der Waals surface area contributed by atoms with Crippen molar-refractivity contribution in [1.82, 2.24) is 4.98 Å². The predicted molar refractivity (Wildman–Crippen MR) is 73.1 cm³/mol. The van der Waals surface area contributed by atoms with Crippen molar-refractivity contribution in [3.63, 3.8) is 0 Å². The normalized spacial score (nSPS) is 9.95. The van der Waals surface area contributed by atoms with Crippen molar-refractivity contribution in [2.45, 2.75) is 6.61 Å². The van der Waals surface area contributed by atoms with E-state index >= 15 is 0 Å². The van der Waals surface area contributed by atoms with E-state index in [-0.39, 0.29) is 0 Å². The molecule has 5 nitrogen and oxygen atoms in total. The third-order valence-electron chi connectivity index (χ3n) is 2.63. The fourth-order valence-electron chi connectivity index (χ4n) is 1.61. The minimum atomic E-state index is -0.501. The summed E-state index contributed by atoms with van der Waals surface area (Å²) >= 11 is 0. The van der Waals surface area contributed by atoms with E-state index in [1.54, 1.807) is 30.5 Å². The molecule has 5 heteroatoms. The Hall–Kier alpha value is -2.56. The summed E-state index contributed by atoms with van der Waals surface area (Å²) < 4.78 is 5.60. The lowest BCUT2D eigenvalue weighted by atomic mass is 10.2. The predicted octanol–water partition coefficient (Wildman–Crippen LogP) is 1.80. The molecule has 19 heavy (non-hydrogen) atoms. The molecule has 1 aromatic heterocycles. The number of anilines is 1. The van der Waals surface area contributed by atoms with Crippen LogP contribution < -0.4 is 15.8 Å². The van der Waals surface area contributed by atoms with Crippen molar-refractivity contribution >= 4 is 11.7 Å². The summed E-state index contributed by atoms with van der Waals surface area (Å²) in [4.78, 5) is 15.4. The first kappa shape index (κ1) is 12.9. The lowest BCUT2D eigenvalue weighted by molar-refractivity contribution is 0.0996. The molecule has 0 bridgehead atoms. The van der Waals surface area contributed by atoms with Gasteiger partial charge in [0.15, 0.2) is 0 Å². The van der Waals surface area contributed by atoms with Crippen LogP contribution in [0.4, 0.5) is 5.82 Å². The fourth-order valence-corrected chi connectivity index (χ4v) is 1.61. The second-order valence-electron chi connectivity index (χ2n) is 3.95. The topological polar surface area (TPSA) is 77.2 Å². The first-order valence-electron chi connectivity index (χ1n) is 5.85. The van der Waals surface area contributed by atoms with Crippen LogP contribution in [-0.4, -0.2) is 17.9 Å². The molecule has 0 aliphatic carbocycles. The number of aromatic nitrogens is 1. The Morgan fingerprint density at radius 3 is 2.74 bits per heavy atom. The largest absolute Gasteiger partial charge is 0.488 e. The highest BCUT2D eigenvalue weighted by Crippen LogP contribution is 2.18. The molecule has 98 valence electrons. The quantitative estimate of drug-likeness (QED) is 0.856. The van der Waals surface area contributed by atoms with E-state index in [1.165, 1.54) is 0 Å². The number of carbonyl (C=O) groups excluding carboxylic acids is 1. The maximum absolute atomic E-state index is 11.2. The summed E-state index contributed by atoms with van der Waals surface area (Å²) in [6.07, 6.45) is 1.72. The number of rotatable bonds is 5. The van der Waals surface area contributed by atoms with Crippen molar-refractivity contribution in [1.29, 1.82) is 0 Å². The Morgan fingerprint density at radius 2 is 2.11 bits per heavy atom. The summed E-state index contributed by atoms with van der Waals surface area (Å²) in [7, 11) is 1.81. The van der Waals surface area contributed by atoms with Crippen LogP contribution in [0.5, 0.6) is 5.75 Å². The minimum Gasteiger partial charge on any atom is -0.488 e. The van der Waals surface area contributed by atoms with Gasteiger partial charge in [0.25, 0.3) is 5.91 Å². The maximum atomic E-state index is 11.2. The number of para-hydroxylation sites is 1. The van der Waals surface area contributed by atoms with Gasteiger partial charge >= 0.3 is 0 Å². The monoisotopic (exact) mass is 257 g/mol. The average molecular weight is 257 g/mol. The molecule has 2 rings (SSSR count). The van der Waals surface area contributed by atoms with Crippen molar-refractivity contribution in [3.05, 3.63) is 53.7 Å². The van der Waals surface area contributed by atoms with E-state index in [1.807, 2.05) is 19.2 Å². The molecule has 0 atom stereocenters. The first-order valence-corrected chi connectivity index (χ1v) is 5.85. The number of benzene rings is 1. The second kappa shape index (κ2) is 5.86. The van der Waals surface area contributed by atoms with Gasteiger partial charge in [-0.05, 0) is 18.2 Å². The van der Waals surface area contributed by atoms with E-state index in [4.69, 9.17) is 10.5 Å². The Bertz CT molecular complexity index is 567. The highest BCUT2D eigenvalue weighted by Gasteiger charge is 2.08. The summed E-state index contributed by atoms with van der Waals surface area (Å²) in [6, 6.07) is 10.7. The van der Waals surface area contributed by atoms with Gasteiger partial charge in [0.2, 0.25) is 0 Å². The fraction of sp³-hybridized carbons (Fsp3) is 0.143. The smallest absolute Gasteiger partial charge is 0.252 e. The third-order valence-corrected chi connectivity index (χ3v) is 2.63. The lowest BCUT2D eigenvalue weighted by Crippen LogP contribution is -2.12. The van der Waals surface area contributed by atoms with Gasteiger partial charge in [-0.2, -0.15) is 0 Å². The van der Waals surface area contributed by atoms with Crippen LogP contribution in [-0.2, 0) is 6.61 Å². The van der Waals surface area contributed by atoms with Crippen molar-refractivity contribution < 1.29 is 9.53 Å². The van der Waals surface area contributed by atoms with Gasteiger partial charge < -0.3 is 15.8 Å². The zero-order chi connectivity index (χ0) is 13.7. The van der Waals surface area contributed by atoms with Crippen LogP contribution in [0.3, 0.4) is 0 Å². The lowest BCUT2D eigenvalue weighted by Gasteiger charge is -2.09. The van der Waals surface area contributed by atoms with Crippen LogP contribution >= 0.6 is 0 Å². The molecule has 0 unspecified atom stereocenters. The van der Waals surface area contributed by atoms with E-state index in [9.17, 15) is 4.79 Å². The number of carbonyl (C=O) groups is 1. The molecule has 1 aromatic carbocycles. The van der Waals surface area contributed by atoms with Crippen LogP contribution in [0.15, 0.2) is 42.6 Å². The van der Waals surface area contributed by atoms with Gasteiger partial charge in [-0.3, -0.25) is 4.79 Å². The molecule has 0 fully saturated rings. The Balaban J connectivity index is 2.07. The third kappa shape index (κ3) is 3.22. The molecule has 2 aromatic rings. The number of nitrogens with zero attached hydrogens (tertiary/aromatic N) is 1. The molecule has 0 spiro atoms. The van der Waals surface area contributed by atoms with E-state index in [2.05, 4.69) is 10.3 Å². The highest BCUT2D eigenvalue weighted by molar-refractivity contribution is 5.95. The molecule has 0 saturated carbocycles. The number of hydrogen-bond donors (Lipinski definition) is 2. The standard InChI is InChI=1S/C14H15N3O2/c1-16-13-7-6-10(8-17-13)9-19-12-5-3-2-4-11(12)14(15)18/h2-8H,9H2,1H3,(H2,15,18)(H,16,17). The molecule has 1 amide bonds. The summed E-state index contributed by atoms with van der Waals surface area (Å²) in [5.74, 6) is 0.772.